The summed E-state index contributed by atoms with van der Waals surface area (Å²) in [6.07, 6.45) is 28.0. The molecule has 0 aromatic rings. The SMILES string of the molecule is CCCCCCCCCCCCCC(=O)OCCN(CCOC(=O)CCCCCCCCCCCCC)C(=O)CSCC[N+](C)(C)CCO.[Br-]. The van der Waals surface area contributed by atoms with Gasteiger partial charge in [0.25, 0.3) is 0 Å². The van der Waals surface area contributed by atoms with Crippen molar-refractivity contribution < 1.29 is 50.4 Å². The molecule has 10 heteroatoms. The lowest BCUT2D eigenvalue weighted by atomic mass is 10.1. The van der Waals surface area contributed by atoms with Crippen LogP contribution < -0.4 is 17.0 Å². The zero-order valence-corrected chi connectivity index (χ0v) is 35.4. The maximum atomic E-state index is 13.1. The fourth-order valence-corrected chi connectivity index (χ4v) is 6.98. The summed E-state index contributed by atoms with van der Waals surface area (Å²) in [5.41, 5.74) is 0. The van der Waals surface area contributed by atoms with Crippen LogP contribution in [0.5, 0.6) is 0 Å². The number of thioether (sulfide) groups is 1. The number of aliphatic hydroxyl groups is 1. The first-order valence-electron chi connectivity index (χ1n) is 20.3. The van der Waals surface area contributed by atoms with Crippen molar-refractivity contribution in [2.45, 2.75) is 168 Å². The Balaban J connectivity index is 0. The van der Waals surface area contributed by atoms with Gasteiger partial charge in [0.05, 0.1) is 46.1 Å². The number of esters is 2. The molecule has 0 heterocycles. The Bertz CT molecular complexity index is 745. The zero-order chi connectivity index (χ0) is 36.3. The van der Waals surface area contributed by atoms with Crippen LogP contribution in [0.1, 0.15) is 168 Å². The molecule has 0 unspecified atom stereocenters. The number of amides is 1. The molecule has 8 nitrogen and oxygen atoms in total. The minimum Gasteiger partial charge on any atom is -1.00 e. The van der Waals surface area contributed by atoms with E-state index in [-0.39, 0.29) is 54.6 Å². The number of rotatable bonds is 37. The Morgan fingerprint density at radius 3 is 1.30 bits per heavy atom. The highest BCUT2D eigenvalue weighted by Gasteiger charge is 2.18. The van der Waals surface area contributed by atoms with Crippen LogP contribution >= 0.6 is 11.8 Å². The number of aliphatic hydroxyl groups excluding tert-OH is 1. The molecule has 0 aliphatic rings. The summed E-state index contributed by atoms with van der Waals surface area (Å²) < 4.78 is 11.7. The molecule has 0 aromatic carbocycles. The first-order chi connectivity index (χ1) is 23.8. The first kappa shape index (κ1) is 51.3. The van der Waals surface area contributed by atoms with Crippen molar-refractivity contribution in [2.24, 2.45) is 0 Å². The lowest BCUT2D eigenvalue weighted by Gasteiger charge is -2.28. The topological polar surface area (TPSA) is 93.1 Å². The number of nitrogens with zero attached hydrogens (tertiary/aromatic N) is 2. The van der Waals surface area contributed by atoms with Gasteiger partial charge < -0.3 is 40.9 Å². The van der Waals surface area contributed by atoms with Gasteiger partial charge in [-0.25, -0.2) is 0 Å². The van der Waals surface area contributed by atoms with E-state index in [9.17, 15) is 19.5 Å². The first-order valence-corrected chi connectivity index (χ1v) is 21.5. The van der Waals surface area contributed by atoms with Gasteiger partial charge in [0, 0.05) is 18.6 Å². The van der Waals surface area contributed by atoms with Crippen LogP contribution in [-0.4, -0.2) is 104 Å². The molecule has 0 rings (SSSR count). The molecule has 0 aromatic heterocycles. The van der Waals surface area contributed by atoms with Gasteiger partial charge in [0.1, 0.15) is 19.8 Å². The zero-order valence-electron chi connectivity index (χ0n) is 33.0. The van der Waals surface area contributed by atoms with E-state index in [0.29, 0.717) is 42.7 Å². The van der Waals surface area contributed by atoms with Crippen LogP contribution in [0, 0.1) is 0 Å². The van der Waals surface area contributed by atoms with Gasteiger partial charge in [-0.1, -0.05) is 142 Å². The van der Waals surface area contributed by atoms with Crippen LogP contribution in [0.25, 0.3) is 0 Å². The highest BCUT2D eigenvalue weighted by Crippen LogP contribution is 2.14. The predicted molar refractivity (Wildman–Crippen MR) is 207 cm³/mol. The number of ether oxygens (including phenoxy) is 2. The fraction of sp³-hybridized carbons (Fsp3) is 0.925. The standard InChI is InChI=1S/C40H79N2O6S.BrH/c1-5-7-9-11-13-15-17-19-21-23-25-27-39(45)47-34-29-41(38(44)37-49-36-32-42(3,4)31-33-43)30-35-48-40(46)28-26-24-22-20-18-16-14-12-10-8-6-2;/h43H,5-37H2,1-4H3;1H/q+1;/p-1. The lowest BCUT2D eigenvalue weighted by Crippen LogP contribution is -3.00. The molecular weight excluding hydrogens is 716 g/mol. The highest BCUT2D eigenvalue weighted by atomic mass is 79.9. The molecule has 1 N–H and O–H groups in total. The van der Waals surface area contributed by atoms with Gasteiger partial charge in [-0.15, -0.1) is 11.8 Å². The van der Waals surface area contributed by atoms with Crippen molar-refractivity contribution >= 4 is 29.6 Å². The summed E-state index contributed by atoms with van der Waals surface area (Å²) in [6, 6.07) is 0. The summed E-state index contributed by atoms with van der Waals surface area (Å²) >= 11 is 1.57. The largest absolute Gasteiger partial charge is 1.00 e. The molecule has 0 fully saturated rings. The van der Waals surface area contributed by atoms with E-state index >= 15 is 0 Å². The summed E-state index contributed by atoms with van der Waals surface area (Å²) in [6.45, 7) is 7.07. The van der Waals surface area contributed by atoms with Crippen molar-refractivity contribution in [3.63, 3.8) is 0 Å². The third-order valence-corrected chi connectivity index (χ3v) is 10.3. The van der Waals surface area contributed by atoms with Crippen LogP contribution in [0.3, 0.4) is 0 Å². The minimum absolute atomic E-state index is 0. The van der Waals surface area contributed by atoms with Gasteiger partial charge in [-0.2, -0.15) is 0 Å². The van der Waals surface area contributed by atoms with E-state index in [1.54, 1.807) is 16.7 Å². The normalized spacial score (nSPS) is 11.3. The number of unbranched alkanes of at least 4 members (excludes halogenated alkanes) is 20. The van der Waals surface area contributed by atoms with Gasteiger partial charge in [0.2, 0.25) is 5.91 Å². The van der Waals surface area contributed by atoms with Crippen molar-refractivity contribution in [1.29, 1.82) is 0 Å². The van der Waals surface area contributed by atoms with Gasteiger partial charge in [-0.05, 0) is 12.8 Å². The average Bonchev–Trinajstić information content (AvgIpc) is 3.07. The van der Waals surface area contributed by atoms with Crippen LogP contribution in [-0.2, 0) is 23.9 Å². The fourth-order valence-electron chi connectivity index (χ4n) is 5.86. The van der Waals surface area contributed by atoms with Gasteiger partial charge in [-0.3, -0.25) is 14.4 Å². The quantitative estimate of drug-likeness (QED) is 0.0461. The second-order valence-corrected chi connectivity index (χ2v) is 15.7. The Hall–Kier alpha value is -0.840. The maximum Gasteiger partial charge on any atom is 0.305 e. The lowest BCUT2D eigenvalue weighted by molar-refractivity contribution is -0.888. The smallest absolute Gasteiger partial charge is 0.305 e. The van der Waals surface area contributed by atoms with Crippen molar-refractivity contribution in [3.8, 4) is 0 Å². The molecular formula is C40H79BrN2O6S. The van der Waals surface area contributed by atoms with Crippen LogP contribution in [0.2, 0.25) is 0 Å². The van der Waals surface area contributed by atoms with Crippen LogP contribution in [0.4, 0.5) is 0 Å². The Kier molecular flexibility index (Phi) is 38.9. The second-order valence-electron chi connectivity index (χ2n) is 14.6. The molecule has 0 aliphatic carbocycles. The number of hydrogen-bond donors (Lipinski definition) is 1. The van der Waals surface area contributed by atoms with Crippen LogP contribution in [0.15, 0.2) is 0 Å². The molecule has 0 saturated heterocycles. The van der Waals surface area contributed by atoms with E-state index < -0.39 is 0 Å². The van der Waals surface area contributed by atoms with E-state index in [4.69, 9.17) is 9.47 Å². The van der Waals surface area contributed by atoms with Gasteiger partial charge >= 0.3 is 11.9 Å². The molecule has 0 aliphatic heterocycles. The van der Waals surface area contributed by atoms with E-state index in [1.165, 1.54) is 103 Å². The van der Waals surface area contributed by atoms with Crippen molar-refractivity contribution in [2.75, 3.05) is 71.6 Å². The molecule has 298 valence electrons. The number of likely N-dealkylation sites (N-methyl/N-ethyl adjacent to an activating group) is 1. The monoisotopic (exact) mass is 794 g/mol. The van der Waals surface area contributed by atoms with Crippen molar-refractivity contribution in [3.05, 3.63) is 0 Å². The summed E-state index contributed by atoms with van der Waals surface area (Å²) in [4.78, 5) is 39.4. The summed E-state index contributed by atoms with van der Waals surface area (Å²) in [5.74, 6) is 0.660. The Morgan fingerprint density at radius 1 is 0.580 bits per heavy atom. The third-order valence-electron chi connectivity index (χ3n) is 9.34. The average molecular weight is 796 g/mol. The summed E-state index contributed by atoms with van der Waals surface area (Å²) in [7, 11) is 4.14. The van der Waals surface area contributed by atoms with Gasteiger partial charge in [0.15, 0.2) is 0 Å². The van der Waals surface area contributed by atoms with E-state index in [0.717, 1.165) is 50.8 Å². The third kappa shape index (κ3) is 35.6. The highest BCUT2D eigenvalue weighted by molar-refractivity contribution is 7.99. The molecule has 0 radical (unpaired) electrons. The maximum absolute atomic E-state index is 13.1. The Labute approximate surface area is 323 Å². The number of carbonyl (C=O) groups is 3. The van der Waals surface area contributed by atoms with Crippen molar-refractivity contribution in [1.82, 2.24) is 4.90 Å². The van der Waals surface area contributed by atoms with E-state index in [1.807, 2.05) is 0 Å². The number of carbonyl (C=O) groups excluding carboxylic acids is 3. The summed E-state index contributed by atoms with van der Waals surface area (Å²) in [5, 5.41) is 9.26. The molecule has 0 spiro atoms. The molecule has 0 bridgehead atoms. The molecule has 0 saturated carbocycles. The molecule has 0 atom stereocenters. The molecule has 1 amide bonds. The minimum atomic E-state index is -0.208. The van der Waals surface area contributed by atoms with E-state index in [2.05, 4.69) is 27.9 Å². The number of hydrogen-bond acceptors (Lipinski definition) is 7. The Morgan fingerprint density at radius 2 is 0.940 bits per heavy atom. The second kappa shape index (κ2) is 37.9. The number of quaternary nitrogens is 1. The molecule has 50 heavy (non-hydrogen) atoms. The predicted octanol–water partition coefficient (Wildman–Crippen LogP) is 6.11. The number of halogens is 1.